The van der Waals surface area contributed by atoms with Gasteiger partial charge in [0.2, 0.25) is 5.71 Å². The van der Waals surface area contributed by atoms with Gasteiger partial charge < -0.3 is 9.32 Å². The third kappa shape index (κ3) is 2.61. The van der Waals surface area contributed by atoms with E-state index in [2.05, 4.69) is 38.1 Å². The Morgan fingerprint density at radius 2 is 1.86 bits per heavy atom. The Morgan fingerprint density at radius 3 is 2.66 bits per heavy atom. The first kappa shape index (κ1) is 17.7. The van der Waals surface area contributed by atoms with Crippen molar-refractivity contribution >= 4 is 17.3 Å². The number of aromatic nitrogens is 2. The first-order valence-corrected chi connectivity index (χ1v) is 9.92. The SMILES string of the molecule is Cc1ccc(-c2c(C)oc3c(C(=O)N4CCc5ccccc54)c(C)nn23)c(C)c1. The fourth-order valence-electron chi connectivity index (χ4n) is 4.41. The molecule has 0 fully saturated rings. The molecule has 0 radical (unpaired) electrons. The van der Waals surface area contributed by atoms with E-state index in [0.717, 1.165) is 34.7 Å². The summed E-state index contributed by atoms with van der Waals surface area (Å²) in [6, 6.07) is 14.4. The Kier molecular flexibility index (Phi) is 3.88. The molecule has 0 saturated heterocycles. The summed E-state index contributed by atoms with van der Waals surface area (Å²) in [4.78, 5) is 15.3. The number of para-hydroxylation sites is 1. The highest BCUT2D eigenvalue weighted by atomic mass is 16.4. The summed E-state index contributed by atoms with van der Waals surface area (Å²) < 4.78 is 7.90. The molecule has 0 saturated carbocycles. The number of carbonyl (C=O) groups is 1. The zero-order chi connectivity index (χ0) is 20.3. The molecule has 0 N–H and O–H groups in total. The number of amides is 1. The molecule has 0 spiro atoms. The fourth-order valence-corrected chi connectivity index (χ4v) is 4.41. The molecule has 0 aliphatic carbocycles. The van der Waals surface area contributed by atoms with Crippen LogP contribution in [0.5, 0.6) is 0 Å². The van der Waals surface area contributed by atoms with Gasteiger partial charge in [0.15, 0.2) is 0 Å². The van der Waals surface area contributed by atoms with Crippen LogP contribution in [0.4, 0.5) is 5.69 Å². The molecule has 3 heterocycles. The molecule has 1 aliphatic rings. The largest absolute Gasteiger partial charge is 0.440 e. The van der Waals surface area contributed by atoms with Crippen LogP contribution in [0.25, 0.3) is 17.0 Å². The third-order valence-corrected chi connectivity index (χ3v) is 5.80. The van der Waals surface area contributed by atoms with E-state index in [1.165, 1.54) is 11.1 Å². The van der Waals surface area contributed by atoms with E-state index in [1.807, 2.05) is 36.9 Å². The molecule has 4 aromatic rings. The van der Waals surface area contributed by atoms with Crippen molar-refractivity contribution in [1.29, 1.82) is 0 Å². The van der Waals surface area contributed by atoms with Crippen LogP contribution in [0.1, 0.15) is 38.5 Å². The minimum Gasteiger partial charge on any atom is -0.440 e. The molecule has 146 valence electrons. The number of rotatable bonds is 2. The lowest BCUT2D eigenvalue weighted by atomic mass is 10.0. The summed E-state index contributed by atoms with van der Waals surface area (Å²) in [7, 11) is 0. The minimum atomic E-state index is -0.0524. The molecule has 5 rings (SSSR count). The Labute approximate surface area is 169 Å². The van der Waals surface area contributed by atoms with Crippen LogP contribution in [-0.2, 0) is 6.42 Å². The Bertz CT molecular complexity index is 1280. The average Bonchev–Trinajstić information content (AvgIpc) is 3.33. The van der Waals surface area contributed by atoms with Crippen molar-refractivity contribution < 1.29 is 9.21 Å². The van der Waals surface area contributed by atoms with Gasteiger partial charge in [-0.15, -0.1) is 0 Å². The Hall–Kier alpha value is -3.34. The minimum absolute atomic E-state index is 0.0524. The fraction of sp³-hybridized carbons (Fsp3) is 0.250. The summed E-state index contributed by atoms with van der Waals surface area (Å²) >= 11 is 0. The van der Waals surface area contributed by atoms with Gasteiger partial charge in [-0.05, 0) is 51.3 Å². The number of nitrogens with zero attached hydrogens (tertiary/aromatic N) is 3. The van der Waals surface area contributed by atoms with Gasteiger partial charge in [0.1, 0.15) is 17.0 Å². The van der Waals surface area contributed by atoms with Crippen molar-refractivity contribution in [1.82, 2.24) is 9.61 Å². The number of oxazole rings is 1. The highest BCUT2D eigenvalue weighted by Crippen LogP contribution is 2.34. The number of aryl methyl sites for hydroxylation is 4. The Morgan fingerprint density at radius 1 is 1.07 bits per heavy atom. The molecule has 29 heavy (non-hydrogen) atoms. The summed E-state index contributed by atoms with van der Waals surface area (Å²) in [5.41, 5.74) is 8.27. The second kappa shape index (κ2) is 6.34. The van der Waals surface area contributed by atoms with Crippen molar-refractivity contribution in [3.8, 4) is 11.3 Å². The number of carbonyl (C=O) groups excluding carboxylic acids is 1. The summed E-state index contributed by atoms with van der Waals surface area (Å²) in [6.45, 7) is 8.65. The maximum atomic E-state index is 13.5. The van der Waals surface area contributed by atoms with Gasteiger partial charge >= 0.3 is 0 Å². The van der Waals surface area contributed by atoms with Crippen molar-refractivity contribution in [2.24, 2.45) is 0 Å². The van der Waals surface area contributed by atoms with Crippen LogP contribution in [0.2, 0.25) is 0 Å². The van der Waals surface area contributed by atoms with Crippen LogP contribution in [-0.4, -0.2) is 22.1 Å². The van der Waals surface area contributed by atoms with Crippen LogP contribution in [0, 0.1) is 27.7 Å². The van der Waals surface area contributed by atoms with Gasteiger partial charge in [-0.3, -0.25) is 4.79 Å². The predicted molar refractivity (Wildman–Crippen MR) is 114 cm³/mol. The number of anilines is 1. The van der Waals surface area contributed by atoms with Gasteiger partial charge in [-0.1, -0.05) is 42.0 Å². The second-order valence-electron chi connectivity index (χ2n) is 7.84. The lowest BCUT2D eigenvalue weighted by Crippen LogP contribution is -2.29. The van der Waals surface area contributed by atoms with Gasteiger partial charge in [0, 0.05) is 17.8 Å². The van der Waals surface area contributed by atoms with E-state index in [-0.39, 0.29) is 5.91 Å². The van der Waals surface area contributed by atoms with E-state index in [9.17, 15) is 4.79 Å². The summed E-state index contributed by atoms with van der Waals surface area (Å²) in [5.74, 6) is 0.707. The van der Waals surface area contributed by atoms with Gasteiger partial charge in [-0.25, -0.2) is 0 Å². The zero-order valence-corrected chi connectivity index (χ0v) is 17.1. The Balaban J connectivity index is 1.66. The molecule has 2 aromatic carbocycles. The van der Waals surface area contributed by atoms with Gasteiger partial charge in [0.25, 0.3) is 5.91 Å². The maximum absolute atomic E-state index is 13.5. The topological polar surface area (TPSA) is 50.8 Å². The summed E-state index contributed by atoms with van der Waals surface area (Å²) in [6.07, 6.45) is 0.871. The second-order valence-corrected chi connectivity index (χ2v) is 7.84. The molecule has 5 heteroatoms. The third-order valence-electron chi connectivity index (χ3n) is 5.80. The van der Waals surface area contributed by atoms with E-state index in [1.54, 1.807) is 4.52 Å². The first-order valence-electron chi connectivity index (χ1n) is 9.92. The molecule has 0 bridgehead atoms. The van der Waals surface area contributed by atoms with E-state index < -0.39 is 0 Å². The average molecular weight is 385 g/mol. The highest BCUT2D eigenvalue weighted by Gasteiger charge is 2.31. The molecule has 5 nitrogen and oxygen atoms in total. The number of hydrogen-bond donors (Lipinski definition) is 0. The first-order chi connectivity index (χ1) is 14.0. The molecular weight excluding hydrogens is 362 g/mol. The lowest BCUT2D eigenvalue weighted by Gasteiger charge is -2.16. The molecule has 0 unspecified atom stereocenters. The monoisotopic (exact) mass is 385 g/mol. The number of benzene rings is 2. The van der Waals surface area contributed by atoms with Crippen molar-refractivity contribution in [2.75, 3.05) is 11.4 Å². The molecule has 0 atom stereocenters. The van der Waals surface area contributed by atoms with E-state index in [4.69, 9.17) is 9.52 Å². The number of fused-ring (bicyclic) bond motifs is 2. The lowest BCUT2D eigenvalue weighted by molar-refractivity contribution is 0.0989. The van der Waals surface area contributed by atoms with E-state index in [0.29, 0.717) is 23.5 Å². The normalized spacial score (nSPS) is 13.3. The molecule has 1 aliphatic heterocycles. The van der Waals surface area contributed by atoms with Crippen LogP contribution < -0.4 is 4.90 Å². The maximum Gasteiger partial charge on any atom is 0.265 e. The van der Waals surface area contributed by atoms with Gasteiger partial charge in [-0.2, -0.15) is 9.61 Å². The standard InChI is InChI=1S/C24H23N3O2/c1-14-9-10-19(15(2)13-14)22-17(4)29-24-21(16(3)25-27(22)24)23(28)26-12-11-18-7-5-6-8-20(18)26/h5-10,13H,11-12H2,1-4H3. The van der Waals surface area contributed by atoms with Crippen LogP contribution >= 0.6 is 0 Å². The van der Waals surface area contributed by atoms with Gasteiger partial charge in [0.05, 0.1) is 5.69 Å². The van der Waals surface area contributed by atoms with Crippen molar-refractivity contribution in [3.63, 3.8) is 0 Å². The summed E-state index contributed by atoms with van der Waals surface area (Å²) in [5, 5.41) is 4.70. The van der Waals surface area contributed by atoms with Crippen molar-refractivity contribution in [2.45, 2.75) is 34.1 Å². The van der Waals surface area contributed by atoms with Crippen LogP contribution in [0.3, 0.4) is 0 Å². The van der Waals surface area contributed by atoms with Crippen LogP contribution in [0.15, 0.2) is 46.9 Å². The van der Waals surface area contributed by atoms with Crippen molar-refractivity contribution in [3.05, 3.63) is 76.2 Å². The molecule has 1 amide bonds. The quantitative estimate of drug-likeness (QED) is 0.486. The highest BCUT2D eigenvalue weighted by molar-refractivity contribution is 6.11. The smallest absolute Gasteiger partial charge is 0.265 e. The zero-order valence-electron chi connectivity index (χ0n) is 17.1. The molecule has 2 aromatic heterocycles. The predicted octanol–water partition coefficient (Wildman–Crippen LogP) is 5.03. The molecular formula is C24H23N3O2. The van der Waals surface area contributed by atoms with E-state index >= 15 is 0 Å². The number of hydrogen-bond acceptors (Lipinski definition) is 3.